The van der Waals surface area contributed by atoms with Gasteiger partial charge >= 0.3 is 0 Å². The zero-order chi connectivity index (χ0) is 27.5. The minimum absolute atomic E-state index is 0.0654. The monoisotopic (exact) mass is 522 g/mol. The summed E-state index contributed by atoms with van der Waals surface area (Å²) in [5.74, 6) is -0.812. The molecule has 3 amide bonds. The lowest BCUT2D eigenvalue weighted by Crippen LogP contribution is -2.38. The smallest absolute Gasteiger partial charge is 0.276 e. The first-order valence-electron chi connectivity index (χ1n) is 12.7. The number of benzene rings is 2. The second-order valence-electron chi connectivity index (χ2n) is 9.76. The molecule has 1 aliphatic heterocycles. The van der Waals surface area contributed by atoms with E-state index in [1.165, 1.54) is 6.08 Å². The van der Waals surface area contributed by atoms with Gasteiger partial charge in [-0.3, -0.25) is 19.1 Å². The lowest BCUT2D eigenvalue weighted by atomic mass is 9.95. The predicted molar refractivity (Wildman–Crippen MR) is 150 cm³/mol. The maximum Gasteiger partial charge on any atom is 0.276 e. The topological polar surface area (TPSA) is 112 Å². The van der Waals surface area contributed by atoms with Gasteiger partial charge in [0.2, 0.25) is 5.91 Å². The van der Waals surface area contributed by atoms with E-state index in [1.807, 2.05) is 61.0 Å². The number of carbonyl (C=O) groups is 3. The van der Waals surface area contributed by atoms with Crippen molar-refractivity contribution in [2.45, 2.75) is 32.9 Å². The Morgan fingerprint density at radius 3 is 2.56 bits per heavy atom. The molecular formula is C30H30N6O3. The fourth-order valence-corrected chi connectivity index (χ4v) is 5.01. The van der Waals surface area contributed by atoms with Gasteiger partial charge in [0.1, 0.15) is 5.69 Å². The molecule has 0 saturated heterocycles. The quantitative estimate of drug-likeness (QED) is 0.305. The van der Waals surface area contributed by atoms with Crippen LogP contribution in [0.4, 0.5) is 11.4 Å². The van der Waals surface area contributed by atoms with Crippen molar-refractivity contribution in [1.29, 1.82) is 0 Å². The Bertz CT molecular complexity index is 1550. The number of amides is 3. The summed E-state index contributed by atoms with van der Waals surface area (Å²) in [6.45, 7) is 8.65. The van der Waals surface area contributed by atoms with E-state index in [0.29, 0.717) is 35.9 Å². The van der Waals surface area contributed by atoms with Crippen molar-refractivity contribution in [3.63, 3.8) is 0 Å². The van der Waals surface area contributed by atoms with E-state index in [1.54, 1.807) is 29.3 Å². The van der Waals surface area contributed by atoms with Crippen LogP contribution in [-0.4, -0.2) is 43.9 Å². The Morgan fingerprint density at radius 2 is 1.85 bits per heavy atom. The van der Waals surface area contributed by atoms with Crippen LogP contribution in [0.2, 0.25) is 0 Å². The first-order valence-corrected chi connectivity index (χ1v) is 12.7. The van der Waals surface area contributed by atoms with Crippen LogP contribution in [0.3, 0.4) is 0 Å². The van der Waals surface area contributed by atoms with Crippen LogP contribution in [0, 0.1) is 6.92 Å². The van der Waals surface area contributed by atoms with Crippen LogP contribution in [-0.2, 0) is 17.9 Å². The highest BCUT2D eigenvalue weighted by atomic mass is 16.2. The van der Waals surface area contributed by atoms with E-state index in [0.717, 1.165) is 22.4 Å². The maximum atomic E-state index is 13.5. The van der Waals surface area contributed by atoms with Crippen molar-refractivity contribution >= 4 is 29.1 Å². The number of fused-ring (bicyclic) bond motifs is 1. The summed E-state index contributed by atoms with van der Waals surface area (Å²) in [7, 11) is 0. The number of nitrogens with zero attached hydrogens (tertiary/aromatic N) is 3. The van der Waals surface area contributed by atoms with Gasteiger partial charge in [0.15, 0.2) is 5.69 Å². The summed E-state index contributed by atoms with van der Waals surface area (Å²) in [5, 5.41) is 10.5. The molecule has 0 spiro atoms. The zero-order valence-electron chi connectivity index (χ0n) is 21.9. The molecule has 1 aliphatic rings. The van der Waals surface area contributed by atoms with Crippen LogP contribution < -0.4 is 10.6 Å². The van der Waals surface area contributed by atoms with E-state index in [4.69, 9.17) is 5.10 Å². The van der Waals surface area contributed by atoms with Gasteiger partial charge in [-0.05, 0) is 60.5 Å². The molecule has 0 aliphatic carbocycles. The molecule has 5 rings (SSSR count). The largest absolute Gasteiger partial charge is 0.357 e. The number of hydrogen-bond acceptors (Lipinski definition) is 4. The fraction of sp³-hybridized carbons (Fsp3) is 0.200. The molecule has 0 unspecified atom stereocenters. The molecule has 198 valence electrons. The first kappa shape index (κ1) is 25.7. The molecule has 39 heavy (non-hydrogen) atoms. The highest BCUT2D eigenvalue weighted by molar-refractivity contribution is 6.04. The molecule has 9 nitrogen and oxygen atoms in total. The Hall–Kier alpha value is -4.92. The number of aryl methyl sites for hydroxylation is 1. The molecule has 3 heterocycles. The van der Waals surface area contributed by atoms with Crippen molar-refractivity contribution in [3.05, 3.63) is 113 Å². The summed E-state index contributed by atoms with van der Waals surface area (Å²) in [5.41, 5.74) is 5.70. The van der Waals surface area contributed by atoms with Gasteiger partial charge in [0.25, 0.3) is 11.8 Å². The van der Waals surface area contributed by atoms with Gasteiger partial charge < -0.3 is 20.5 Å². The molecule has 1 atom stereocenters. The minimum atomic E-state index is -0.330. The van der Waals surface area contributed by atoms with Crippen molar-refractivity contribution < 1.29 is 14.4 Å². The second kappa shape index (κ2) is 10.8. The zero-order valence-corrected chi connectivity index (χ0v) is 21.9. The van der Waals surface area contributed by atoms with E-state index in [9.17, 15) is 14.4 Å². The van der Waals surface area contributed by atoms with Gasteiger partial charge in [-0.2, -0.15) is 5.10 Å². The van der Waals surface area contributed by atoms with Crippen LogP contribution in [0.1, 0.15) is 56.2 Å². The number of rotatable bonds is 7. The average molecular weight is 523 g/mol. The highest BCUT2D eigenvalue weighted by Crippen LogP contribution is 2.32. The predicted octanol–water partition coefficient (Wildman–Crippen LogP) is 4.70. The van der Waals surface area contributed by atoms with Crippen molar-refractivity contribution in [2.75, 3.05) is 17.2 Å². The van der Waals surface area contributed by atoms with E-state index < -0.39 is 0 Å². The molecule has 9 heteroatoms. The Morgan fingerprint density at radius 1 is 1.08 bits per heavy atom. The Labute approximate surface area is 226 Å². The summed E-state index contributed by atoms with van der Waals surface area (Å²) in [6, 6.07) is 18.6. The number of hydrogen-bond donors (Lipinski definition) is 3. The molecule has 0 fully saturated rings. The van der Waals surface area contributed by atoms with Gasteiger partial charge in [-0.1, -0.05) is 37.8 Å². The highest BCUT2D eigenvalue weighted by Gasteiger charge is 2.34. The third kappa shape index (κ3) is 5.52. The van der Waals surface area contributed by atoms with Crippen molar-refractivity contribution in [3.8, 4) is 0 Å². The number of H-pyrrole nitrogens is 1. The lowest BCUT2D eigenvalue weighted by Gasteiger charge is -2.32. The minimum Gasteiger partial charge on any atom is -0.357 e. The molecule has 0 radical (unpaired) electrons. The van der Waals surface area contributed by atoms with Crippen molar-refractivity contribution in [2.24, 2.45) is 0 Å². The fourth-order valence-electron chi connectivity index (χ4n) is 5.01. The van der Waals surface area contributed by atoms with Crippen LogP contribution >= 0.6 is 0 Å². The summed E-state index contributed by atoms with van der Waals surface area (Å²) >= 11 is 0. The third-order valence-corrected chi connectivity index (χ3v) is 6.72. The normalized spacial score (nSPS) is 14.4. The molecule has 0 saturated carbocycles. The van der Waals surface area contributed by atoms with Crippen LogP contribution in [0.5, 0.6) is 0 Å². The molecule has 4 aromatic rings. The van der Waals surface area contributed by atoms with Crippen LogP contribution in [0.25, 0.3) is 0 Å². The second-order valence-corrected chi connectivity index (χ2v) is 9.76. The van der Waals surface area contributed by atoms with E-state index in [-0.39, 0.29) is 30.2 Å². The Kier molecular flexibility index (Phi) is 7.14. The summed E-state index contributed by atoms with van der Waals surface area (Å²) in [6.07, 6.45) is 2.94. The SMILES string of the molecule is C=CC(=O)Nc1cccc(Cn2nc(C(=O)Nc3cccc(C)c3)c3c2[C@H](C)CN(C(=O)c2ccc[nH]2)C3)c1. The molecule has 2 aromatic heterocycles. The molecule has 2 aromatic carbocycles. The van der Waals surface area contributed by atoms with Crippen molar-refractivity contribution in [1.82, 2.24) is 19.7 Å². The Balaban J connectivity index is 1.50. The third-order valence-electron chi connectivity index (χ3n) is 6.72. The van der Waals surface area contributed by atoms with Gasteiger partial charge in [-0.25, -0.2) is 0 Å². The standard InChI is InChI=1S/C30H30N6O3/c1-4-26(37)32-23-11-6-9-21(15-23)17-36-28-20(3)16-35(30(39)25-12-7-13-31-25)18-24(28)27(34-36)29(38)33-22-10-5-8-19(2)14-22/h4-15,20,31H,1,16-18H2,2-3H3,(H,32,37)(H,33,38)/t20-/m1/s1. The lowest BCUT2D eigenvalue weighted by molar-refractivity contribution is -0.111. The number of aromatic nitrogens is 3. The van der Waals surface area contributed by atoms with Gasteiger partial charge in [0, 0.05) is 41.3 Å². The molecule has 3 N–H and O–H groups in total. The first-order chi connectivity index (χ1) is 18.8. The number of aromatic amines is 1. The number of carbonyl (C=O) groups excluding carboxylic acids is 3. The summed E-state index contributed by atoms with van der Waals surface area (Å²) < 4.78 is 1.84. The van der Waals surface area contributed by atoms with Crippen LogP contribution in [0.15, 0.2) is 79.5 Å². The van der Waals surface area contributed by atoms with Gasteiger partial charge in [0.05, 0.1) is 13.1 Å². The average Bonchev–Trinajstić information content (AvgIpc) is 3.57. The number of nitrogens with one attached hydrogen (secondary N) is 3. The maximum absolute atomic E-state index is 13.5. The van der Waals surface area contributed by atoms with Gasteiger partial charge in [-0.15, -0.1) is 0 Å². The summed E-state index contributed by atoms with van der Waals surface area (Å²) in [4.78, 5) is 43.2. The van der Waals surface area contributed by atoms with E-state index >= 15 is 0 Å². The van der Waals surface area contributed by atoms with E-state index in [2.05, 4.69) is 22.2 Å². The molecule has 0 bridgehead atoms. The number of anilines is 2. The molecular weight excluding hydrogens is 492 g/mol.